The molecule has 0 radical (unpaired) electrons. The second-order valence-corrected chi connectivity index (χ2v) is 6.75. The Bertz CT molecular complexity index is 623. The van der Waals surface area contributed by atoms with E-state index < -0.39 is 0 Å². The van der Waals surface area contributed by atoms with E-state index in [0.29, 0.717) is 0 Å². The molecule has 98 valence electrons. The second kappa shape index (κ2) is 5.55. The molecule has 3 rings (SSSR count). The van der Waals surface area contributed by atoms with Crippen LogP contribution in [0.15, 0.2) is 40.9 Å². The van der Waals surface area contributed by atoms with Crippen LogP contribution in [-0.4, -0.2) is 35.4 Å². The summed E-state index contributed by atoms with van der Waals surface area (Å²) in [6, 6.07) is 12.1. The molecule has 19 heavy (non-hydrogen) atoms. The Kier molecular flexibility index (Phi) is 3.80. The van der Waals surface area contributed by atoms with Gasteiger partial charge < -0.3 is 4.90 Å². The summed E-state index contributed by atoms with van der Waals surface area (Å²) in [7, 11) is 0. The maximum Gasteiger partial charge on any atom is 0.253 e. The predicted octanol–water partition coefficient (Wildman–Crippen LogP) is 3.79. The van der Waals surface area contributed by atoms with Crippen molar-refractivity contribution < 1.29 is 4.79 Å². The third kappa shape index (κ3) is 2.79. The first-order valence-electron chi connectivity index (χ1n) is 6.30. The first-order chi connectivity index (χ1) is 9.24. The van der Waals surface area contributed by atoms with E-state index in [-0.39, 0.29) is 5.91 Å². The van der Waals surface area contributed by atoms with Crippen LogP contribution < -0.4 is 0 Å². The molecular formula is C15H14BrNOS. The highest BCUT2D eigenvalue weighted by atomic mass is 79.9. The topological polar surface area (TPSA) is 20.3 Å². The molecule has 0 spiro atoms. The van der Waals surface area contributed by atoms with Crippen molar-refractivity contribution in [3.8, 4) is 0 Å². The first kappa shape index (κ1) is 13.0. The van der Waals surface area contributed by atoms with Crippen molar-refractivity contribution in [2.75, 3.05) is 24.6 Å². The van der Waals surface area contributed by atoms with E-state index >= 15 is 0 Å². The molecule has 1 fully saturated rings. The first-order valence-corrected chi connectivity index (χ1v) is 8.25. The van der Waals surface area contributed by atoms with E-state index in [1.165, 1.54) is 0 Å². The van der Waals surface area contributed by atoms with Crippen LogP contribution in [-0.2, 0) is 0 Å². The lowest BCUT2D eigenvalue weighted by atomic mass is 10.1. The van der Waals surface area contributed by atoms with Crippen molar-refractivity contribution in [1.29, 1.82) is 0 Å². The lowest BCUT2D eigenvalue weighted by molar-refractivity contribution is 0.0772. The summed E-state index contributed by atoms with van der Waals surface area (Å²) in [4.78, 5) is 14.4. The smallest absolute Gasteiger partial charge is 0.253 e. The normalized spacial score (nSPS) is 15.7. The van der Waals surface area contributed by atoms with E-state index in [2.05, 4.69) is 22.0 Å². The van der Waals surface area contributed by atoms with Crippen molar-refractivity contribution in [2.45, 2.75) is 0 Å². The van der Waals surface area contributed by atoms with Crippen molar-refractivity contribution in [3.63, 3.8) is 0 Å². The molecule has 0 aromatic heterocycles. The van der Waals surface area contributed by atoms with E-state index in [4.69, 9.17) is 0 Å². The van der Waals surface area contributed by atoms with Gasteiger partial charge in [-0.25, -0.2) is 0 Å². The Morgan fingerprint density at radius 2 is 1.74 bits per heavy atom. The van der Waals surface area contributed by atoms with Crippen molar-refractivity contribution in [1.82, 2.24) is 4.90 Å². The van der Waals surface area contributed by atoms with Crippen molar-refractivity contribution >= 4 is 44.4 Å². The summed E-state index contributed by atoms with van der Waals surface area (Å²) in [5.74, 6) is 2.25. The molecular weight excluding hydrogens is 322 g/mol. The summed E-state index contributed by atoms with van der Waals surface area (Å²) in [6.45, 7) is 1.73. The van der Waals surface area contributed by atoms with Gasteiger partial charge in [0, 0.05) is 34.6 Å². The molecule has 2 nitrogen and oxygen atoms in total. The highest BCUT2D eigenvalue weighted by molar-refractivity contribution is 9.10. The number of thioether (sulfide) groups is 1. The van der Waals surface area contributed by atoms with Gasteiger partial charge >= 0.3 is 0 Å². The summed E-state index contributed by atoms with van der Waals surface area (Å²) < 4.78 is 1.06. The van der Waals surface area contributed by atoms with Crippen molar-refractivity contribution in [2.24, 2.45) is 0 Å². The average Bonchev–Trinajstić information content (AvgIpc) is 2.47. The van der Waals surface area contributed by atoms with E-state index in [9.17, 15) is 4.79 Å². The maximum absolute atomic E-state index is 12.4. The molecule has 1 heterocycles. The van der Waals surface area contributed by atoms with Crippen LogP contribution in [0.5, 0.6) is 0 Å². The lowest BCUT2D eigenvalue weighted by Crippen LogP contribution is -2.37. The maximum atomic E-state index is 12.4. The number of halogens is 1. The zero-order valence-electron chi connectivity index (χ0n) is 10.4. The Labute approximate surface area is 125 Å². The van der Waals surface area contributed by atoms with Crippen LogP contribution in [0.25, 0.3) is 10.8 Å². The number of carbonyl (C=O) groups is 1. The Morgan fingerprint density at radius 1 is 1.05 bits per heavy atom. The summed E-state index contributed by atoms with van der Waals surface area (Å²) in [6.07, 6.45) is 0. The van der Waals surface area contributed by atoms with Crippen LogP contribution in [0.2, 0.25) is 0 Å². The monoisotopic (exact) mass is 335 g/mol. The van der Waals surface area contributed by atoms with Crippen LogP contribution in [0.3, 0.4) is 0 Å². The second-order valence-electron chi connectivity index (χ2n) is 4.61. The van der Waals surface area contributed by atoms with Gasteiger partial charge in [0.25, 0.3) is 5.91 Å². The molecule has 0 atom stereocenters. The number of amides is 1. The van der Waals surface area contributed by atoms with Gasteiger partial charge in [0.05, 0.1) is 0 Å². The fourth-order valence-corrected chi connectivity index (χ4v) is 3.58. The standard InChI is InChI=1S/C15H14BrNOS/c16-14-4-3-11-9-13(2-1-12(11)10-14)15(18)17-5-7-19-8-6-17/h1-4,9-10H,5-8H2. The number of fused-ring (bicyclic) bond motifs is 1. The predicted molar refractivity (Wildman–Crippen MR) is 84.9 cm³/mol. The molecule has 0 aliphatic carbocycles. The molecule has 1 amide bonds. The molecule has 0 N–H and O–H groups in total. The average molecular weight is 336 g/mol. The molecule has 0 saturated carbocycles. The number of carbonyl (C=O) groups excluding carboxylic acids is 1. The fourth-order valence-electron chi connectivity index (χ4n) is 2.30. The SMILES string of the molecule is O=C(c1ccc2cc(Br)ccc2c1)N1CCSCC1. The van der Waals surface area contributed by atoms with Gasteiger partial charge in [0.2, 0.25) is 0 Å². The number of rotatable bonds is 1. The summed E-state index contributed by atoms with van der Waals surface area (Å²) in [5.41, 5.74) is 0.793. The molecule has 2 aromatic carbocycles. The molecule has 1 aliphatic rings. The third-order valence-electron chi connectivity index (χ3n) is 3.35. The zero-order chi connectivity index (χ0) is 13.2. The number of nitrogens with zero attached hydrogens (tertiary/aromatic N) is 1. The molecule has 0 bridgehead atoms. The van der Waals surface area contributed by atoms with Crippen LogP contribution >= 0.6 is 27.7 Å². The van der Waals surface area contributed by atoms with E-state index in [1.54, 1.807) is 0 Å². The molecule has 4 heteroatoms. The van der Waals surface area contributed by atoms with Crippen molar-refractivity contribution in [3.05, 3.63) is 46.4 Å². The number of hydrogen-bond donors (Lipinski definition) is 0. The minimum Gasteiger partial charge on any atom is -0.337 e. The van der Waals surface area contributed by atoms with Gasteiger partial charge in [-0.3, -0.25) is 4.79 Å². The third-order valence-corrected chi connectivity index (χ3v) is 4.78. The lowest BCUT2D eigenvalue weighted by Gasteiger charge is -2.26. The molecule has 2 aromatic rings. The Balaban J connectivity index is 1.92. The minimum atomic E-state index is 0.158. The van der Waals surface area contributed by atoms with Gasteiger partial charge in [-0.2, -0.15) is 11.8 Å². The van der Waals surface area contributed by atoms with Gasteiger partial charge in [-0.15, -0.1) is 0 Å². The molecule has 0 unspecified atom stereocenters. The van der Waals surface area contributed by atoms with Gasteiger partial charge in [0.1, 0.15) is 0 Å². The van der Waals surface area contributed by atoms with Gasteiger partial charge in [-0.1, -0.05) is 28.1 Å². The summed E-state index contributed by atoms with van der Waals surface area (Å²) >= 11 is 5.38. The highest BCUT2D eigenvalue weighted by Gasteiger charge is 2.18. The summed E-state index contributed by atoms with van der Waals surface area (Å²) in [5, 5.41) is 2.26. The highest BCUT2D eigenvalue weighted by Crippen LogP contribution is 2.22. The van der Waals surface area contributed by atoms with Crippen LogP contribution in [0, 0.1) is 0 Å². The Hall–Kier alpha value is -1.000. The Morgan fingerprint density at radius 3 is 2.53 bits per heavy atom. The van der Waals surface area contributed by atoms with E-state index in [1.807, 2.05) is 47.0 Å². The largest absolute Gasteiger partial charge is 0.337 e. The number of hydrogen-bond acceptors (Lipinski definition) is 2. The minimum absolute atomic E-state index is 0.158. The van der Waals surface area contributed by atoms with Crippen LogP contribution in [0.4, 0.5) is 0 Å². The van der Waals surface area contributed by atoms with E-state index in [0.717, 1.165) is 45.4 Å². The van der Waals surface area contributed by atoms with Gasteiger partial charge in [0.15, 0.2) is 0 Å². The zero-order valence-corrected chi connectivity index (χ0v) is 12.8. The fraction of sp³-hybridized carbons (Fsp3) is 0.267. The van der Waals surface area contributed by atoms with Gasteiger partial charge in [-0.05, 0) is 35.0 Å². The molecule has 1 saturated heterocycles. The molecule has 1 aliphatic heterocycles. The van der Waals surface area contributed by atoms with Crippen LogP contribution in [0.1, 0.15) is 10.4 Å². The quantitative estimate of drug-likeness (QED) is 0.790. The number of benzene rings is 2.